The summed E-state index contributed by atoms with van der Waals surface area (Å²) in [5.74, 6) is 0. The van der Waals surface area contributed by atoms with E-state index in [1.165, 1.54) is 0 Å². The predicted octanol–water partition coefficient (Wildman–Crippen LogP) is 4.69. The van der Waals surface area contributed by atoms with E-state index in [1.54, 1.807) is 0 Å². The van der Waals surface area contributed by atoms with Crippen LogP contribution in [0.2, 0.25) is 5.02 Å². The van der Waals surface area contributed by atoms with Gasteiger partial charge in [-0.05, 0) is 24.1 Å². The fourth-order valence-corrected chi connectivity index (χ4v) is 2.54. The molecule has 1 atom stereocenters. The minimum Gasteiger partial charge on any atom is -0.197 e. The van der Waals surface area contributed by atoms with E-state index >= 15 is 0 Å². The number of hydrogen-bond donors (Lipinski definition) is 0. The molecule has 0 bridgehead atoms. The van der Waals surface area contributed by atoms with Gasteiger partial charge < -0.3 is 0 Å². The second-order valence-corrected chi connectivity index (χ2v) is 4.94. The summed E-state index contributed by atoms with van der Waals surface area (Å²) in [7, 11) is 0. The zero-order valence-electron chi connectivity index (χ0n) is 9.34. The molecule has 0 aliphatic rings. The molecule has 0 spiro atoms. The minimum atomic E-state index is -0.416. The molecule has 1 aromatic carbocycles. The molecule has 1 aromatic rings. The summed E-state index contributed by atoms with van der Waals surface area (Å²) in [5, 5.41) is 10.8. The van der Waals surface area contributed by atoms with Crippen molar-refractivity contribution in [2.75, 3.05) is 5.33 Å². The van der Waals surface area contributed by atoms with Crippen LogP contribution in [0.15, 0.2) is 24.3 Å². The summed E-state index contributed by atoms with van der Waals surface area (Å²) in [4.78, 5) is 0. The molecular formula is C13H15BrClN. The lowest BCUT2D eigenvalue weighted by Crippen LogP contribution is -2.26. The Morgan fingerprint density at radius 1 is 1.38 bits per heavy atom. The average Bonchev–Trinajstić information content (AvgIpc) is 2.33. The Kier molecular flexibility index (Phi) is 5.31. The lowest BCUT2D eigenvalue weighted by Gasteiger charge is -2.24. The molecule has 1 nitrogen and oxygen atoms in total. The maximum absolute atomic E-state index is 9.41. The summed E-state index contributed by atoms with van der Waals surface area (Å²) in [5.41, 5.74) is 0.630. The molecule has 0 radical (unpaired) electrons. The van der Waals surface area contributed by atoms with Crippen LogP contribution < -0.4 is 0 Å². The first-order chi connectivity index (χ1) is 7.68. The number of nitrogens with zero attached hydrogens (tertiary/aromatic N) is 1. The van der Waals surface area contributed by atoms with E-state index in [4.69, 9.17) is 11.6 Å². The first-order valence-corrected chi connectivity index (χ1v) is 6.91. The maximum Gasteiger partial charge on any atom is 0.0918 e. The van der Waals surface area contributed by atoms with Crippen molar-refractivity contribution >= 4 is 27.5 Å². The zero-order chi connectivity index (χ0) is 12.0. The predicted molar refractivity (Wildman–Crippen MR) is 72.1 cm³/mol. The van der Waals surface area contributed by atoms with Crippen molar-refractivity contribution in [1.82, 2.24) is 0 Å². The lowest BCUT2D eigenvalue weighted by atomic mass is 9.79. The van der Waals surface area contributed by atoms with E-state index in [0.717, 1.165) is 24.8 Å². The minimum absolute atomic E-state index is 0.416. The molecular weight excluding hydrogens is 286 g/mol. The SMILES string of the molecule is CCCC[C@@](C#N)(CBr)c1ccc(Cl)cc1. The van der Waals surface area contributed by atoms with Gasteiger partial charge in [0.1, 0.15) is 0 Å². The quantitative estimate of drug-likeness (QED) is 0.724. The molecule has 0 N–H and O–H groups in total. The third-order valence-electron chi connectivity index (χ3n) is 2.80. The second-order valence-electron chi connectivity index (χ2n) is 3.94. The van der Waals surface area contributed by atoms with Crippen LogP contribution in [0.5, 0.6) is 0 Å². The Bertz CT molecular complexity index is 369. The standard InChI is InChI=1S/C13H15BrClN/c1-2-3-8-13(9-14,10-16)11-4-6-12(15)7-5-11/h4-7H,2-3,8-9H2,1H3/t13-/m0/s1. The number of benzene rings is 1. The highest BCUT2D eigenvalue weighted by Gasteiger charge is 2.30. The van der Waals surface area contributed by atoms with Gasteiger partial charge in [-0.1, -0.05) is 59.4 Å². The summed E-state index contributed by atoms with van der Waals surface area (Å²) in [6, 6.07) is 10.0. The molecule has 3 heteroatoms. The molecule has 86 valence electrons. The molecule has 0 amide bonds. The van der Waals surface area contributed by atoms with Crippen LogP contribution in [0.1, 0.15) is 31.7 Å². The van der Waals surface area contributed by atoms with Crippen molar-refractivity contribution in [2.24, 2.45) is 0 Å². The number of rotatable bonds is 5. The Hall–Kier alpha value is -0.520. The van der Waals surface area contributed by atoms with Crippen molar-refractivity contribution < 1.29 is 0 Å². The fraction of sp³-hybridized carbons (Fsp3) is 0.462. The molecule has 0 unspecified atom stereocenters. The average molecular weight is 301 g/mol. The van der Waals surface area contributed by atoms with Gasteiger partial charge in [-0.3, -0.25) is 0 Å². The van der Waals surface area contributed by atoms with Crippen LogP contribution in [-0.2, 0) is 5.41 Å². The lowest BCUT2D eigenvalue weighted by molar-refractivity contribution is 0.532. The van der Waals surface area contributed by atoms with E-state index in [-0.39, 0.29) is 0 Å². The molecule has 0 saturated carbocycles. The first kappa shape index (κ1) is 13.5. The summed E-state index contributed by atoms with van der Waals surface area (Å²) < 4.78 is 0. The van der Waals surface area contributed by atoms with Gasteiger partial charge in [0, 0.05) is 10.4 Å². The maximum atomic E-state index is 9.41. The van der Waals surface area contributed by atoms with Crippen LogP contribution >= 0.6 is 27.5 Å². The largest absolute Gasteiger partial charge is 0.197 e. The number of nitriles is 1. The van der Waals surface area contributed by atoms with E-state index in [9.17, 15) is 5.26 Å². The Balaban J connectivity index is 3.01. The van der Waals surface area contributed by atoms with Crippen LogP contribution in [0.25, 0.3) is 0 Å². The van der Waals surface area contributed by atoms with Gasteiger partial charge in [0.2, 0.25) is 0 Å². The number of unbranched alkanes of at least 4 members (excludes halogenated alkanes) is 1. The van der Waals surface area contributed by atoms with E-state index in [1.807, 2.05) is 24.3 Å². The molecule has 0 aliphatic heterocycles. The van der Waals surface area contributed by atoms with Crippen molar-refractivity contribution in [3.63, 3.8) is 0 Å². The van der Waals surface area contributed by atoms with E-state index in [0.29, 0.717) is 10.4 Å². The smallest absolute Gasteiger partial charge is 0.0918 e. The van der Waals surface area contributed by atoms with Gasteiger partial charge in [-0.15, -0.1) is 0 Å². The third-order valence-corrected chi connectivity index (χ3v) is 4.01. The molecule has 0 saturated heterocycles. The van der Waals surface area contributed by atoms with Crippen molar-refractivity contribution in [1.29, 1.82) is 5.26 Å². The zero-order valence-corrected chi connectivity index (χ0v) is 11.7. The van der Waals surface area contributed by atoms with Gasteiger partial charge in [-0.2, -0.15) is 5.26 Å². The second kappa shape index (κ2) is 6.27. The van der Waals surface area contributed by atoms with Crippen molar-refractivity contribution in [3.05, 3.63) is 34.9 Å². The van der Waals surface area contributed by atoms with Gasteiger partial charge in [0.15, 0.2) is 0 Å². The summed E-state index contributed by atoms with van der Waals surface area (Å²) >= 11 is 9.32. The number of hydrogen-bond acceptors (Lipinski definition) is 1. The van der Waals surface area contributed by atoms with Gasteiger partial charge in [-0.25, -0.2) is 0 Å². The van der Waals surface area contributed by atoms with Gasteiger partial charge >= 0.3 is 0 Å². The van der Waals surface area contributed by atoms with Crippen LogP contribution in [0.4, 0.5) is 0 Å². The molecule has 16 heavy (non-hydrogen) atoms. The summed E-state index contributed by atoms with van der Waals surface area (Å²) in [6.45, 7) is 2.14. The summed E-state index contributed by atoms with van der Waals surface area (Å²) in [6.07, 6.45) is 3.04. The van der Waals surface area contributed by atoms with Gasteiger partial charge in [0.25, 0.3) is 0 Å². The number of halogens is 2. The Labute approximate surface area is 111 Å². The molecule has 0 fully saturated rings. The Morgan fingerprint density at radius 3 is 2.44 bits per heavy atom. The van der Waals surface area contributed by atoms with Crippen LogP contribution in [-0.4, -0.2) is 5.33 Å². The monoisotopic (exact) mass is 299 g/mol. The van der Waals surface area contributed by atoms with Crippen LogP contribution in [0.3, 0.4) is 0 Å². The normalized spacial score (nSPS) is 14.1. The van der Waals surface area contributed by atoms with Crippen LogP contribution in [0, 0.1) is 11.3 Å². The number of alkyl halides is 1. The fourth-order valence-electron chi connectivity index (χ4n) is 1.69. The molecule has 1 rings (SSSR count). The van der Waals surface area contributed by atoms with E-state index in [2.05, 4.69) is 28.9 Å². The van der Waals surface area contributed by atoms with Crippen molar-refractivity contribution in [3.8, 4) is 6.07 Å². The highest BCUT2D eigenvalue weighted by Crippen LogP contribution is 2.32. The highest BCUT2D eigenvalue weighted by molar-refractivity contribution is 9.09. The van der Waals surface area contributed by atoms with Crippen molar-refractivity contribution in [2.45, 2.75) is 31.6 Å². The molecule has 0 heterocycles. The molecule has 0 aliphatic carbocycles. The van der Waals surface area contributed by atoms with Gasteiger partial charge in [0.05, 0.1) is 11.5 Å². The first-order valence-electron chi connectivity index (χ1n) is 5.42. The highest BCUT2D eigenvalue weighted by atomic mass is 79.9. The van der Waals surface area contributed by atoms with E-state index < -0.39 is 5.41 Å². The Morgan fingerprint density at radius 2 is 2.00 bits per heavy atom. The third kappa shape index (κ3) is 2.99. The topological polar surface area (TPSA) is 23.8 Å². The molecule has 0 aromatic heterocycles.